The van der Waals surface area contributed by atoms with Crippen molar-refractivity contribution in [1.29, 1.82) is 0 Å². The van der Waals surface area contributed by atoms with Crippen molar-refractivity contribution < 1.29 is 14.3 Å². The highest BCUT2D eigenvalue weighted by molar-refractivity contribution is 5.97. The van der Waals surface area contributed by atoms with E-state index in [0.29, 0.717) is 5.56 Å². The quantitative estimate of drug-likeness (QED) is 0.816. The van der Waals surface area contributed by atoms with Crippen molar-refractivity contribution in [1.82, 2.24) is 15.2 Å². The van der Waals surface area contributed by atoms with E-state index in [4.69, 9.17) is 4.74 Å². The van der Waals surface area contributed by atoms with Crippen LogP contribution in [0.4, 0.5) is 11.5 Å². The SMILES string of the molecule is CNC(=O)c1ccc(N2CCN(Cc3ccc4c(c3)NC(=O)C(C)O4)CC2)nc1. The largest absolute Gasteiger partial charge is 0.479 e. The first-order valence-corrected chi connectivity index (χ1v) is 9.79. The highest BCUT2D eigenvalue weighted by Crippen LogP contribution is 2.31. The van der Waals surface area contributed by atoms with E-state index in [1.54, 1.807) is 26.2 Å². The second-order valence-corrected chi connectivity index (χ2v) is 7.33. The van der Waals surface area contributed by atoms with E-state index in [0.717, 1.165) is 55.5 Å². The summed E-state index contributed by atoms with van der Waals surface area (Å²) < 4.78 is 5.62. The second kappa shape index (κ2) is 8.08. The molecule has 2 amide bonds. The van der Waals surface area contributed by atoms with Gasteiger partial charge in [0.05, 0.1) is 11.3 Å². The van der Waals surface area contributed by atoms with Gasteiger partial charge >= 0.3 is 0 Å². The zero-order chi connectivity index (χ0) is 20.4. The fourth-order valence-electron chi connectivity index (χ4n) is 3.60. The molecule has 0 saturated carbocycles. The zero-order valence-corrected chi connectivity index (χ0v) is 16.6. The molecule has 29 heavy (non-hydrogen) atoms. The number of nitrogens with one attached hydrogen (secondary N) is 2. The summed E-state index contributed by atoms with van der Waals surface area (Å²) in [6.45, 7) is 6.12. The lowest BCUT2D eigenvalue weighted by molar-refractivity contribution is -0.122. The number of hydrogen-bond acceptors (Lipinski definition) is 6. The summed E-state index contributed by atoms with van der Waals surface area (Å²) in [5.74, 6) is 1.37. The number of ether oxygens (including phenoxy) is 1. The van der Waals surface area contributed by atoms with E-state index in [1.165, 1.54) is 0 Å². The van der Waals surface area contributed by atoms with Crippen LogP contribution in [-0.4, -0.2) is 61.0 Å². The molecule has 8 heteroatoms. The van der Waals surface area contributed by atoms with Gasteiger partial charge in [0, 0.05) is 46.0 Å². The molecule has 1 unspecified atom stereocenters. The van der Waals surface area contributed by atoms with E-state index in [9.17, 15) is 9.59 Å². The molecule has 1 aromatic carbocycles. The molecule has 0 spiro atoms. The molecule has 8 nitrogen and oxygen atoms in total. The van der Waals surface area contributed by atoms with Crippen molar-refractivity contribution in [3.63, 3.8) is 0 Å². The van der Waals surface area contributed by atoms with Gasteiger partial charge in [-0.25, -0.2) is 4.98 Å². The molecule has 1 atom stereocenters. The summed E-state index contributed by atoms with van der Waals surface area (Å²) >= 11 is 0. The molecule has 4 rings (SSSR count). The normalized spacial score (nSPS) is 19.2. The smallest absolute Gasteiger partial charge is 0.265 e. The van der Waals surface area contributed by atoms with Gasteiger partial charge in [0.2, 0.25) is 0 Å². The monoisotopic (exact) mass is 395 g/mol. The first-order valence-electron chi connectivity index (χ1n) is 9.79. The summed E-state index contributed by atoms with van der Waals surface area (Å²) in [5.41, 5.74) is 2.45. The van der Waals surface area contributed by atoms with Crippen LogP contribution in [0.2, 0.25) is 0 Å². The summed E-state index contributed by atoms with van der Waals surface area (Å²) in [7, 11) is 1.61. The van der Waals surface area contributed by atoms with Crippen LogP contribution in [0.25, 0.3) is 0 Å². The van der Waals surface area contributed by atoms with E-state index < -0.39 is 6.10 Å². The summed E-state index contributed by atoms with van der Waals surface area (Å²) in [4.78, 5) is 32.5. The van der Waals surface area contributed by atoms with Gasteiger partial charge in [0.1, 0.15) is 11.6 Å². The molecule has 0 radical (unpaired) electrons. The third-order valence-electron chi connectivity index (χ3n) is 5.31. The van der Waals surface area contributed by atoms with Crippen molar-refractivity contribution >= 4 is 23.3 Å². The Morgan fingerprint density at radius 2 is 2.03 bits per heavy atom. The van der Waals surface area contributed by atoms with Gasteiger partial charge in [-0.15, -0.1) is 0 Å². The van der Waals surface area contributed by atoms with Crippen LogP contribution in [0.5, 0.6) is 5.75 Å². The molecule has 152 valence electrons. The van der Waals surface area contributed by atoms with Crippen molar-refractivity contribution in [2.24, 2.45) is 0 Å². The molecular formula is C21H25N5O3. The van der Waals surface area contributed by atoms with Gasteiger partial charge in [0.25, 0.3) is 11.8 Å². The van der Waals surface area contributed by atoms with Crippen LogP contribution in [0, 0.1) is 0 Å². The first kappa shape index (κ1) is 19.2. The number of nitrogens with zero attached hydrogens (tertiary/aromatic N) is 3. The number of hydrogen-bond donors (Lipinski definition) is 2. The van der Waals surface area contributed by atoms with Crippen molar-refractivity contribution in [3.05, 3.63) is 47.7 Å². The third kappa shape index (κ3) is 4.17. The van der Waals surface area contributed by atoms with Gasteiger partial charge < -0.3 is 20.3 Å². The number of piperazine rings is 1. The van der Waals surface area contributed by atoms with Gasteiger partial charge in [-0.05, 0) is 36.8 Å². The molecule has 2 N–H and O–H groups in total. The Morgan fingerprint density at radius 1 is 1.24 bits per heavy atom. The fourth-order valence-corrected chi connectivity index (χ4v) is 3.60. The molecule has 0 aliphatic carbocycles. The number of carbonyl (C=O) groups excluding carboxylic acids is 2. The van der Waals surface area contributed by atoms with Crippen LogP contribution >= 0.6 is 0 Å². The van der Waals surface area contributed by atoms with Crippen molar-refractivity contribution in [2.75, 3.05) is 43.4 Å². The molecular weight excluding hydrogens is 370 g/mol. The lowest BCUT2D eigenvalue weighted by Crippen LogP contribution is -2.46. The number of amides is 2. The summed E-state index contributed by atoms with van der Waals surface area (Å²) in [5, 5.41) is 5.51. The van der Waals surface area contributed by atoms with Gasteiger partial charge in [-0.3, -0.25) is 14.5 Å². The van der Waals surface area contributed by atoms with E-state index in [2.05, 4.69) is 31.5 Å². The molecule has 0 bridgehead atoms. The molecule has 2 aliphatic rings. The maximum Gasteiger partial charge on any atom is 0.265 e. The number of rotatable bonds is 4. The Bertz CT molecular complexity index is 907. The summed E-state index contributed by atoms with van der Waals surface area (Å²) in [6, 6.07) is 9.67. The highest BCUT2D eigenvalue weighted by Gasteiger charge is 2.24. The second-order valence-electron chi connectivity index (χ2n) is 7.33. The standard InChI is InChI=1S/C21H25N5O3/c1-14-20(27)24-17-11-15(3-5-18(17)29-14)13-25-7-9-26(10-8-25)19-6-4-16(12-23-19)21(28)22-2/h3-6,11-12,14H,7-10,13H2,1-2H3,(H,22,28)(H,24,27). The Morgan fingerprint density at radius 3 is 2.72 bits per heavy atom. The molecule has 3 heterocycles. The molecule has 1 aromatic heterocycles. The molecule has 1 fully saturated rings. The Kier molecular flexibility index (Phi) is 5.35. The maximum absolute atomic E-state index is 11.8. The Hall–Kier alpha value is -3.13. The summed E-state index contributed by atoms with van der Waals surface area (Å²) in [6.07, 6.45) is 1.16. The molecule has 2 aromatic rings. The topological polar surface area (TPSA) is 86.8 Å². The van der Waals surface area contributed by atoms with E-state index in [-0.39, 0.29) is 11.8 Å². The number of pyridine rings is 1. The van der Waals surface area contributed by atoms with E-state index in [1.807, 2.05) is 18.2 Å². The van der Waals surface area contributed by atoms with Crippen LogP contribution in [-0.2, 0) is 11.3 Å². The fraction of sp³-hybridized carbons (Fsp3) is 0.381. The molecule has 1 saturated heterocycles. The number of aromatic nitrogens is 1. The Balaban J connectivity index is 1.34. The minimum absolute atomic E-state index is 0.113. The highest BCUT2D eigenvalue weighted by atomic mass is 16.5. The van der Waals surface area contributed by atoms with Gasteiger partial charge in [-0.1, -0.05) is 6.07 Å². The van der Waals surface area contributed by atoms with Crippen LogP contribution in [0.15, 0.2) is 36.5 Å². The van der Waals surface area contributed by atoms with Crippen LogP contribution in [0.1, 0.15) is 22.8 Å². The molecule has 2 aliphatic heterocycles. The predicted molar refractivity (Wildman–Crippen MR) is 110 cm³/mol. The first-order chi connectivity index (χ1) is 14.0. The predicted octanol–water partition coefficient (Wildman–Crippen LogP) is 1.48. The number of benzene rings is 1. The Labute approximate surface area is 169 Å². The lowest BCUT2D eigenvalue weighted by Gasteiger charge is -2.35. The minimum Gasteiger partial charge on any atom is -0.479 e. The average Bonchev–Trinajstić information content (AvgIpc) is 2.75. The van der Waals surface area contributed by atoms with Crippen molar-refractivity contribution in [3.8, 4) is 5.75 Å². The van der Waals surface area contributed by atoms with E-state index >= 15 is 0 Å². The zero-order valence-electron chi connectivity index (χ0n) is 16.6. The number of fused-ring (bicyclic) bond motifs is 1. The van der Waals surface area contributed by atoms with Crippen molar-refractivity contribution in [2.45, 2.75) is 19.6 Å². The van der Waals surface area contributed by atoms with Crippen LogP contribution in [0.3, 0.4) is 0 Å². The maximum atomic E-state index is 11.8. The number of carbonyl (C=O) groups is 2. The van der Waals surface area contributed by atoms with Gasteiger partial charge in [-0.2, -0.15) is 0 Å². The third-order valence-corrected chi connectivity index (χ3v) is 5.31. The lowest BCUT2D eigenvalue weighted by atomic mass is 10.1. The van der Waals surface area contributed by atoms with Gasteiger partial charge in [0.15, 0.2) is 6.10 Å². The van der Waals surface area contributed by atoms with Crippen LogP contribution < -0.4 is 20.3 Å². The minimum atomic E-state index is -0.458. The average molecular weight is 395 g/mol. The number of anilines is 2.